The van der Waals surface area contributed by atoms with Gasteiger partial charge in [0.15, 0.2) is 5.78 Å². The van der Waals surface area contributed by atoms with E-state index in [1.165, 1.54) is 13.0 Å². The van der Waals surface area contributed by atoms with Crippen LogP contribution in [-0.2, 0) is 6.42 Å². The minimum absolute atomic E-state index is 0.165. The minimum Gasteiger partial charge on any atom is -0.319 e. The number of Topliss-reactive ketones (excluding diaryl/α,β-unsaturated/α-hetero) is 1. The monoisotopic (exact) mass is 195 g/mol. The molecule has 1 aromatic carbocycles. The lowest BCUT2D eigenvalue weighted by Gasteiger charge is -2.03. The number of carbonyl (C=O) groups excluding carboxylic acids is 1. The van der Waals surface area contributed by atoms with Crippen molar-refractivity contribution in [2.45, 2.75) is 13.3 Å². The van der Waals surface area contributed by atoms with Crippen molar-refractivity contribution in [3.63, 3.8) is 0 Å². The maximum Gasteiger partial charge on any atom is 0.162 e. The Bertz CT molecular complexity index is 336. The van der Waals surface area contributed by atoms with E-state index < -0.39 is 5.82 Å². The third-order valence-corrected chi connectivity index (χ3v) is 2.08. The average Bonchev–Trinajstić information content (AvgIpc) is 2.14. The van der Waals surface area contributed by atoms with Crippen LogP contribution in [0.3, 0.4) is 0 Å². The van der Waals surface area contributed by atoms with E-state index in [9.17, 15) is 9.18 Å². The first-order valence-corrected chi connectivity index (χ1v) is 4.59. The van der Waals surface area contributed by atoms with Gasteiger partial charge in [0.25, 0.3) is 0 Å². The smallest absolute Gasteiger partial charge is 0.162 e. The molecule has 14 heavy (non-hydrogen) atoms. The number of carbonyl (C=O) groups is 1. The number of hydrogen-bond acceptors (Lipinski definition) is 2. The predicted octanol–water partition coefficient (Wildman–Crippen LogP) is 1.79. The summed E-state index contributed by atoms with van der Waals surface area (Å²) in [5.74, 6) is -0.659. The van der Waals surface area contributed by atoms with E-state index in [-0.39, 0.29) is 11.3 Å². The highest BCUT2D eigenvalue weighted by atomic mass is 19.1. The van der Waals surface area contributed by atoms with Gasteiger partial charge in [-0.1, -0.05) is 6.07 Å². The fraction of sp³-hybridized carbons (Fsp3) is 0.364. The Morgan fingerprint density at radius 1 is 1.50 bits per heavy atom. The third kappa shape index (κ3) is 2.64. The standard InChI is InChI=1S/C11H14FNO/c1-8(14)10-4-3-9(5-6-13-2)7-11(10)12/h3-4,7,13H,5-6H2,1-2H3. The molecule has 0 aromatic heterocycles. The lowest BCUT2D eigenvalue weighted by molar-refractivity contribution is 0.101. The summed E-state index contributed by atoms with van der Waals surface area (Å²) in [7, 11) is 1.85. The maximum atomic E-state index is 13.3. The normalized spacial score (nSPS) is 10.2. The Labute approximate surface area is 83.1 Å². The molecule has 0 aliphatic carbocycles. The summed E-state index contributed by atoms with van der Waals surface area (Å²) in [4.78, 5) is 10.9. The number of likely N-dealkylation sites (N-methyl/N-ethyl adjacent to an activating group) is 1. The van der Waals surface area contributed by atoms with Crippen molar-refractivity contribution in [1.29, 1.82) is 0 Å². The van der Waals surface area contributed by atoms with Gasteiger partial charge in [0, 0.05) is 0 Å². The van der Waals surface area contributed by atoms with Gasteiger partial charge in [0.1, 0.15) is 5.82 Å². The van der Waals surface area contributed by atoms with E-state index in [0.29, 0.717) is 0 Å². The van der Waals surface area contributed by atoms with E-state index in [0.717, 1.165) is 18.5 Å². The lowest BCUT2D eigenvalue weighted by atomic mass is 10.1. The number of ketones is 1. The highest BCUT2D eigenvalue weighted by molar-refractivity contribution is 5.94. The Balaban J connectivity index is 2.83. The number of nitrogens with one attached hydrogen (secondary N) is 1. The van der Waals surface area contributed by atoms with Crippen molar-refractivity contribution in [3.8, 4) is 0 Å². The van der Waals surface area contributed by atoms with Crippen LogP contribution in [-0.4, -0.2) is 19.4 Å². The summed E-state index contributed by atoms with van der Waals surface area (Å²) in [5, 5.41) is 2.98. The van der Waals surface area contributed by atoms with Crippen molar-refractivity contribution >= 4 is 5.78 Å². The molecule has 76 valence electrons. The number of rotatable bonds is 4. The summed E-state index contributed by atoms with van der Waals surface area (Å²) < 4.78 is 13.3. The number of halogens is 1. The van der Waals surface area contributed by atoms with Crippen LogP contribution in [0.4, 0.5) is 4.39 Å². The zero-order valence-electron chi connectivity index (χ0n) is 8.43. The summed E-state index contributed by atoms with van der Waals surface area (Å²) >= 11 is 0. The van der Waals surface area contributed by atoms with E-state index in [1.54, 1.807) is 12.1 Å². The molecule has 0 saturated carbocycles. The Hall–Kier alpha value is -1.22. The van der Waals surface area contributed by atoms with Gasteiger partial charge in [0.2, 0.25) is 0 Å². The van der Waals surface area contributed by atoms with Gasteiger partial charge >= 0.3 is 0 Å². The SMILES string of the molecule is CNCCc1ccc(C(C)=O)c(F)c1. The second kappa shape index (κ2) is 4.86. The van der Waals surface area contributed by atoms with Crippen LogP contribution in [0.25, 0.3) is 0 Å². The Morgan fingerprint density at radius 2 is 2.21 bits per heavy atom. The van der Waals surface area contributed by atoms with Crippen molar-refractivity contribution < 1.29 is 9.18 Å². The quantitative estimate of drug-likeness (QED) is 0.742. The van der Waals surface area contributed by atoms with Gasteiger partial charge in [-0.3, -0.25) is 4.79 Å². The molecular weight excluding hydrogens is 181 g/mol. The summed E-state index contributed by atoms with van der Waals surface area (Å²) in [6.07, 6.45) is 0.769. The van der Waals surface area contributed by atoms with Crippen LogP contribution < -0.4 is 5.32 Å². The molecule has 0 atom stereocenters. The van der Waals surface area contributed by atoms with Crippen LogP contribution in [0.1, 0.15) is 22.8 Å². The van der Waals surface area contributed by atoms with E-state index in [1.807, 2.05) is 7.05 Å². The molecule has 3 heteroatoms. The molecule has 0 aliphatic rings. The molecule has 0 unspecified atom stereocenters. The van der Waals surface area contributed by atoms with Crippen LogP contribution in [0.2, 0.25) is 0 Å². The molecule has 0 bridgehead atoms. The van der Waals surface area contributed by atoms with Crippen molar-refractivity contribution in [2.75, 3.05) is 13.6 Å². The predicted molar refractivity (Wildman–Crippen MR) is 54.0 cm³/mol. The largest absolute Gasteiger partial charge is 0.319 e. The van der Waals surface area contributed by atoms with E-state index >= 15 is 0 Å². The van der Waals surface area contributed by atoms with E-state index in [2.05, 4.69) is 5.32 Å². The maximum absolute atomic E-state index is 13.3. The number of benzene rings is 1. The molecule has 2 nitrogen and oxygen atoms in total. The summed E-state index contributed by atoms with van der Waals surface area (Å²) in [5.41, 5.74) is 1.07. The topological polar surface area (TPSA) is 29.1 Å². The van der Waals surface area contributed by atoms with E-state index in [4.69, 9.17) is 0 Å². The van der Waals surface area contributed by atoms with Gasteiger partial charge in [-0.05, 0) is 44.6 Å². The van der Waals surface area contributed by atoms with Gasteiger partial charge in [-0.2, -0.15) is 0 Å². The fourth-order valence-electron chi connectivity index (χ4n) is 1.27. The molecule has 0 fully saturated rings. The van der Waals surface area contributed by atoms with Gasteiger partial charge in [-0.15, -0.1) is 0 Å². The zero-order chi connectivity index (χ0) is 10.6. The summed E-state index contributed by atoms with van der Waals surface area (Å²) in [6.45, 7) is 2.17. The third-order valence-electron chi connectivity index (χ3n) is 2.08. The number of hydrogen-bond donors (Lipinski definition) is 1. The molecule has 0 radical (unpaired) electrons. The average molecular weight is 195 g/mol. The molecular formula is C11H14FNO. The Kier molecular flexibility index (Phi) is 3.77. The van der Waals surface area contributed by atoms with Gasteiger partial charge in [-0.25, -0.2) is 4.39 Å². The molecule has 0 amide bonds. The molecule has 1 rings (SSSR count). The highest BCUT2D eigenvalue weighted by Crippen LogP contribution is 2.11. The lowest BCUT2D eigenvalue weighted by Crippen LogP contribution is -2.10. The molecule has 1 aromatic rings. The van der Waals surface area contributed by atoms with Crippen LogP contribution in [0.15, 0.2) is 18.2 Å². The van der Waals surface area contributed by atoms with Crippen molar-refractivity contribution in [3.05, 3.63) is 35.1 Å². The highest BCUT2D eigenvalue weighted by Gasteiger charge is 2.06. The molecule has 1 N–H and O–H groups in total. The van der Waals surface area contributed by atoms with Crippen molar-refractivity contribution in [2.24, 2.45) is 0 Å². The first kappa shape index (κ1) is 10.9. The summed E-state index contributed by atoms with van der Waals surface area (Å²) in [6, 6.07) is 4.76. The van der Waals surface area contributed by atoms with Crippen molar-refractivity contribution in [1.82, 2.24) is 5.32 Å². The first-order chi connectivity index (χ1) is 6.65. The van der Waals surface area contributed by atoms with Crippen LogP contribution in [0, 0.1) is 5.82 Å². The minimum atomic E-state index is -0.425. The molecule has 0 saturated heterocycles. The van der Waals surface area contributed by atoms with Crippen LogP contribution >= 0.6 is 0 Å². The zero-order valence-corrected chi connectivity index (χ0v) is 8.43. The van der Waals surface area contributed by atoms with Crippen LogP contribution in [0.5, 0.6) is 0 Å². The fourth-order valence-corrected chi connectivity index (χ4v) is 1.27. The molecule has 0 spiro atoms. The second-order valence-corrected chi connectivity index (χ2v) is 3.22. The molecule has 0 heterocycles. The first-order valence-electron chi connectivity index (χ1n) is 4.59. The second-order valence-electron chi connectivity index (χ2n) is 3.22. The molecule has 0 aliphatic heterocycles. The van der Waals surface area contributed by atoms with Gasteiger partial charge in [0.05, 0.1) is 5.56 Å². The Morgan fingerprint density at radius 3 is 2.71 bits per heavy atom. The van der Waals surface area contributed by atoms with Gasteiger partial charge < -0.3 is 5.32 Å².